The normalized spacial score (nSPS) is 11.6. The molecule has 0 fully saturated rings. The largest absolute Gasteiger partial charge is 0.399 e. The summed E-state index contributed by atoms with van der Waals surface area (Å²) in [6, 6.07) is 2.33. The van der Waals surface area contributed by atoms with Crippen LogP contribution in [0.3, 0.4) is 0 Å². The lowest BCUT2D eigenvalue weighted by Crippen LogP contribution is -2.15. The number of sulfonamides is 1. The van der Waals surface area contributed by atoms with Gasteiger partial charge in [-0.15, -0.1) is 10.2 Å². The Hall–Kier alpha value is -1.26. The van der Waals surface area contributed by atoms with Crippen LogP contribution in [0.15, 0.2) is 21.5 Å². The summed E-state index contributed by atoms with van der Waals surface area (Å²) in [5.41, 5.74) is 5.66. The third-order valence-corrected chi connectivity index (χ3v) is 5.33. The standard InChI is InChI=1S/C10H10BrFN4O2S2/c1-2-8-14-15-10(19-8)16-20(17,18)7-4-5(13)3-6(11)9(7)12/h3-4H,2,13H2,1H3,(H,15,16). The molecule has 0 saturated heterocycles. The molecule has 0 aliphatic carbocycles. The highest BCUT2D eigenvalue weighted by atomic mass is 79.9. The van der Waals surface area contributed by atoms with E-state index in [1.807, 2.05) is 6.92 Å². The first-order chi connectivity index (χ1) is 9.33. The Kier molecular flexibility index (Phi) is 4.25. The molecular weight excluding hydrogens is 371 g/mol. The predicted octanol–water partition coefficient (Wildman–Crippen LogP) is 2.39. The van der Waals surface area contributed by atoms with Gasteiger partial charge in [-0.2, -0.15) is 0 Å². The molecule has 0 aliphatic heterocycles. The zero-order valence-corrected chi connectivity index (χ0v) is 13.4. The summed E-state index contributed by atoms with van der Waals surface area (Å²) in [7, 11) is -4.11. The van der Waals surface area contributed by atoms with Gasteiger partial charge in [-0.25, -0.2) is 12.8 Å². The molecule has 20 heavy (non-hydrogen) atoms. The maximum atomic E-state index is 13.9. The van der Waals surface area contributed by atoms with Crippen LogP contribution in [-0.2, 0) is 16.4 Å². The lowest BCUT2D eigenvalue weighted by atomic mass is 10.3. The number of halogens is 2. The molecule has 1 aromatic heterocycles. The van der Waals surface area contributed by atoms with Gasteiger partial charge in [0.25, 0.3) is 10.0 Å². The molecule has 3 N–H and O–H groups in total. The van der Waals surface area contributed by atoms with Crippen molar-refractivity contribution in [2.45, 2.75) is 18.2 Å². The number of nitrogen functional groups attached to an aromatic ring is 1. The van der Waals surface area contributed by atoms with E-state index >= 15 is 0 Å². The summed E-state index contributed by atoms with van der Waals surface area (Å²) < 4.78 is 40.3. The third kappa shape index (κ3) is 3.07. The van der Waals surface area contributed by atoms with E-state index in [1.165, 1.54) is 6.07 Å². The van der Waals surface area contributed by atoms with Crippen molar-refractivity contribution in [1.29, 1.82) is 0 Å². The average Bonchev–Trinajstić information content (AvgIpc) is 2.80. The fourth-order valence-corrected chi connectivity index (χ4v) is 4.04. The van der Waals surface area contributed by atoms with Crippen molar-refractivity contribution in [3.05, 3.63) is 27.4 Å². The van der Waals surface area contributed by atoms with Gasteiger partial charge in [-0.3, -0.25) is 4.72 Å². The number of nitrogens with two attached hydrogens (primary N) is 1. The van der Waals surface area contributed by atoms with E-state index in [1.54, 1.807) is 0 Å². The van der Waals surface area contributed by atoms with Crippen LogP contribution in [0.5, 0.6) is 0 Å². The van der Waals surface area contributed by atoms with E-state index in [-0.39, 0.29) is 15.3 Å². The van der Waals surface area contributed by atoms with Gasteiger partial charge in [0.2, 0.25) is 5.13 Å². The summed E-state index contributed by atoms with van der Waals surface area (Å²) in [5, 5.41) is 8.23. The van der Waals surface area contributed by atoms with Crippen molar-refractivity contribution in [3.8, 4) is 0 Å². The minimum Gasteiger partial charge on any atom is -0.399 e. The summed E-state index contributed by atoms with van der Waals surface area (Å²) in [6.45, 7) is 1.87. The fraction of sp³-hybridized carbons (Fsp3) is 0.200. The molecule has 10 heteroatoms. The molecule has 0 aliphatic rings. The first kappa shape index (κ1) is 15.1. The number of anilines is 2. The first-order valence-electron chi connectivity index (χ1n) is 5.43. The Morgan fingerprint density at radius 1 is 1.45 bits per heavy atom. The van der Waals surface area contributed by atoms with Crippen LogP contribution in [0.25, 0.3) is 0 Å². The smallest absolute Gasteiger partial charge is 0.266 e. The molecule has 0 spiro atoms. The zero-order valence-electron chi connectivity index (χ0n) is 10.2. The molecule has 0 amide bonds. The molecule has 1 aromatic carbocycles. The Labute approximate surface area is 127 Å². The molecule has 0 radical (unpaired) electrons. The number of benzene rings is 1. The molecule has 2 aromatic rings. The molecule has 0 atom stereocenters. The first-order valence-corrected chi connectivity index (χ1v) is 8.52. The number of aromatic nitrogens is 2. The predicted molar refractivity (Wildman–Crippen MR) is 78.6 cm³/mol. The van der Waals surface area contributed by atoms with E-state index < -0.39 is 20.7 Å². The molecule has 0 unspecified atom stereocenters. The highest BCUT2D eigenvalue weighted by Gasteiger charge is 2.23. The third-order valence-electron chi connectivity index (χ3n) is 2.30. The van der Waals surface area contributed by atoms with Crippen LogP contribution in [0.1, 0.15) is 11.9 Å². The van der Waals surface area contributed by atoms with Crippen molar-refractivity contribution in [3.63, 3.8) is 0 Å². The van der Waals surface area contributed by atoms with Gasteiger partial charge in [0.15, 0.2) is 5.82 Å². The van der Waals surface area contributed by atoms with Gasteiger partial charge in [0.05, 0.1) is 4.47 Å². The second kappa shape index (κ2) is 5.62. The average molecular weight is 381 g/mol. The number of hydrogen-bond acceptors (Lipinski definition) is 6. The lowest BCUT2D eigenvalue weighted by molar-refractivity contribution is 0.567. The molecule has 2 rings (SSSR count). The van der Waals surface area contributed by atoms with Crippen LogP contribution in [0.4, 0.5) is 15.2 Å². The number of rotatable bonds is 4. The molecule has 0 saturated carbocycles. The Morgan fingerprint density at radius 3 is 2.75 bits per heavy atom. The minimum atomic E-state index is -4.11. The van der Waals surface area contributed by atoms with Gasteiger partial charge < -0.3 is 5.73 Å². The van der Waals surface area contributed by atoms with Crippen LogP contribution < -0.4 is 10.5 Å². The van der Waals surface area contributed by atoms with Crippen LogP contribution >= 0.6 is 27.3 Å². The van der Waals surface area contributed by atoms with E-state index in [9.17, 15) is 12.8 Å². The quantitative estimate of drug-likeness (QED) is 0.793. The van der Waals surface area contributed by atoms with Gasteiger partial charge in [0, 0.05) is 5.69 Å². The number of aryl methyl sites for hydroxylation is 1. The molecule has 1 heterocycles. The number of nitrogens with one attached hydrogen (secondary N) is 1. The van der Waals surface area contributed by atoms with Gasteiger partial charge in [0.1, 0.15) is 9.90 Å². The van der Waals surface area contributed by atoms with Gasteiger partial charge >= 0.3 is 0 Å². The second-order valence-corrected chi connectivity index (χ2v) is 7.34. The van der Waals surface area contributed by atoms with E-state index in [0.29, 0.717) is 11.4 Å². The van der Waals surface area contributed by atoms with Crippen LogP contribution in [0, 0.1) is 5.82 Å². The minimum absolute atomic E-state index is 0.0237. The Morgan fingerprint density at radius 2 is 2.15 bits per heavy atom. The molecule has 108 valence electrons. The Bertz CT molecular complexity index is 748. The summed E-state index contributed by atoms with van der Waals surface area (Å²) in [6.07, 6.45) is 0.636. The van der Waals surface area contributed by atoms with Gasteiger partial charge in [-0.05, 0) is 34.5 Å². The summed E-state index contributed by atoms with van der Waals surface area (Å²) >= 11 is 4.01. The van der Waals surface area contributed by atoms with Crippen LogP contribution in [-0.4, -0.2) is 18.6 Å². The lowest BCUT2D eigenvalue weighted by Gasteiger charge is -2.08. The van der Waals surface area contributed by atoms with Crippen LogP contribution in [0.2, 0.25) is 0 Å². The monoisotopic (exact) mass is 380 g/mol. The van der Waals surface area contributed by atoms with E-state index in [2.05, 4.69) is 30.8 Å². The highest BCUT2D eigenvalue weighted by molar-refractivity contribution is 9.10. The topological polar surface area (TPSA) is 98.0 Å². The van der Waals surface area contributed by atoms with Crippen molar-refractivity contribution in [2.75, 3.05) is 10.5 Å². The van der Waals surface area contributed by atoms with E-state index in [4.69, 9.17) is 5.73 Å². The van der Waals surface area contributed by atoms with Crippen molar-refractivity contribution in [2.24, 2.45) is 0 Å². The SMILES string of the molecule is CCc1nnc(NS(=O)(=O)c2cc(N)cc(Br)c2F)s1. The summed E-state index contributed by atoms with van der Waals surface area (Å²) in [5.74, 6) is -0.910. The second-order valence-electron chi connectivity index (χ2n) is 3.77. The maximum absolute atomic E-state index is 13.9. The van der Waals surface area contributed by atoms with Crippen molar-refractivity contribution >= 4 is 48.1 Å². The Balaban J connectivity index is 2.40. The molecular formula is C10H10BrFN4O2S2. The summed E-state index contributed by atoms with van der Waals surface area (Å²) in [4.78, 5) is -0.544. The zero-order chi connectivity index (χ0) is 14.9. The van der Waals surface area contributed by atoms with Crippen molar-refractivity contribution < 1.29 is 12.8 Å². The number of nitrogens with zero attached hydrogens (tertiary/aromatic N) is 2. The maximum Gasteiger partial charge on any atom is 0.266 e. The fourth-order valence-electron chi connectivity index (χ4n) is 1.39. The van der Waals surface area contributed by atoms with E-state index in [0.717, 1.165) is 17.4 Å². The molecule has 6 nitrogen and oxygen atoms in total. The van der Waals surface area contributed by atoms with Crippen molar-refractivity contribution in [1.82, 2.24) is 10.2 Å². The molecule has 0 bridgehead atoms. The number of hydrogen-bond donors (Lipinski definition) is 2. The van der Waals surface area contributed by atoms with Gasteiger partial charge in [-0.1, -0.05) is 18.3 Å². The highest BCUT2D eigenvalue weighted by Crippen LogP contribution is 2.28.